The minimum atomic E-state index is -0.764. The Morgan fingerprint density at radius 1 is 0.923 bits per heavy atom. The topological polar surface area (TPSA) is 12.9 Å². The van der Waals surface area contributed by atoms with Gasteiger partial charge in [-0.25, -0.2) is 0 Å². The molecule has 1 aliphatic rings. The molecule has 1 aromatic carbocycles. The van der Waals surface area contributed by atoms with Gasteiger partial charge in [0, 0.05) is 5.56 Å². The third-order valence-corrected chi connectivity index (χ3v) is 5.84. The van der Waals surface area contributed by atoms with Crippen molar-refractivity contribution in [1.82, 2.24) is 4.98 Å². The second kappa shape index (κ2) is 9.25. The molecule has 26 heavy (non-hydrogen) atoms. The van der Waals surface area contributed by atoms with Crippen molar-refractivity contribution in [2.75, 3.05) is 0 Å². The standard InChI is InChI=1S/C23H29F2N/c1-2-3-4-17-5-10-19(11-6-17)20-12-7-18(8-13-20)9-14-21-15-16-22(24)26-23(21)25/h7-8,12-13,15-17,19H,2-6,9-11,14H2,1H3/t17-,19-. The Morgan fingerprint density at radius 3 is 2.31 bits per heavy atom. The molecule has 2 aromatic rings. The van der Waals surface area contributed by atoms with Gasteiger partial charge in [-0.15, -0.1) is 0 Å². The number of halogens is 2. The van der Waals surface area contributed by atoms with Gasteiger partial charge >= 0.3 is 0 Å². The van der Waals surface area contributed by atoms with E-state index in [1.54, 1.807) is 0 Å². The van der Waals surface area contributed by atoms with Gasteiger partial charge in [0.2, 0.25) is 11.9 Å². The molecule has 1 nitrogen and oxygen atoms in total. The monoisotopic (exact) mass is 357 g/mol. The zero-order chi connectivity index (χ0) is 18.4. The van der Waals surface area contributed by atoms with Crippen LogP contribution in [0.3, 0.4) is 0 Å². The first-order chi connectivity index (χ1) is 12.7. The number of hydrogen-bond acceptors (Lipinski definition) is 1. The maximum atomic E-state index is 13.6. The molecule has 0 radical (unpaired) electrons. The van der Waals surface area contributed by atoms with Gasteiger partial charge < -0.3 is 0 Å². The summed E-state index contributed by atoms with van der Waals surface area (Å²) in [4.78, 5) is 3.25. The van der Waals surface area contributed by atoms with E-state index in [0.29, 0.717) is 17.9 Å². The largest absolute Gasteiger partial charge is 0.218 e. The first-order valence-corrected chi connectivity index (χ1v) is 10.1. The molecule has 0 unspecified atom stereocenters. The van der Waals surface area contributed by atoms with Crippen LogP contribution in [0.25, 0.3) is 0 Å². The number of aromatic nitrogens is 1. The van der Waals surface area contributed by atoms with E-state index >= 15 is 0 Å². The molecule has 0 bridgehead atoms. The van der Waals surface area contributed by atoms with Crippen LogP contribution in [0.2, 0.25) is 0 Å². The van der Waals surface area contributed by atoms with E-state index in [-0.39, 0.29) is 0 Å². The summed E-state index contributed by atoms with van der Waals surface area (Å²) in [5.41, 5.74) is 3.10. The molecule has 140 valence electrons. The molecule has 0 atom stereocenters. The lowest BCUT2D eigenvalue weighted by molar-refractivity contribution is 0.304. The smallest absolute Gasteiger partial charge is 0.190 e. The first kappa shape index (κ1) is 19.0. The Balaban J connectivity index is 1.51. The lowest BCUT2D eigenvalue weighted by Gasteiger charge is -2.29. The molecule has 0 spiro atoms. The highest BCUT2D eigenvalue weighted by molar-refractivity contribution is 5.27. The maximum absolute atomic E-state index is 13.6. The highest BCUT2D eigenvalue weighted by Crippen LogP contribution is 2.37. The van der Waals surface area contributed by atoms with Crippen LogP contribution in [-0.2, 0) is 12.8 Å². The van der Waals surface area contributed by atoms with Gasteiger partial charge in [0.1, 0.15) is 0 Å². The number of benzene rings is 1. The minimum absolute atomic E-state index is 0.473. The Kier molecular flexibility index (Phi) is 6.76. The fraction of sp³-hybridized carbons (Fsp3) is 0.522. The van der Waals surface area contributed by atoms with Gasteiger partial charge in [-0.1, -0.05) is 50.5 Å². The number of unbranched alkanes of at least 4 members (excludes halogenated alkanes) is 1. The molecular weight excluding hydrogens is 328 g/mol. The Bertz CT molecular complexity index is 688. The molecule has 1 aromatic heterocycles. The summed E-state index contributed by atoms with van der Waals surface area (Å²) in [7, 11) is 0. The Morgan fingerprint density at radius 2 is 1.65 bits per heavy atom. The van der Waals surface area contributed by atoms with Crippen molar-refractivity contribution in [1.29, 1.82) is 0 Å². The van der Waals surface area contributed by atoms with Gasteiger partial charge in [-0.05, 0) is 73.6 Å². The fourth-order valence-corrected chi connectivity index (χ4v) is 4.14. The van der Waals surface area contributed by atoms with Gasteiger partial charge in [0.15, 0.2) is 0 Å². The average Bonchev–Trinajstić information content (AvgIpc) is 2.66. The van der Waals surface area contributed by atoms with Crippen LogP contribution in [0.4, 0.5) is 8.78 Å². The lowest BCUT2D eigenvalue weighted by Crippen LogP contribution is -2.13. The molecule has 1 saturated carbocycles. The molecule has 0 saturated heterocycles. The quantitative estimate of drug-likeness (QED) is 0.508. The first-order valence-electron chi connectivity index (χ1n) is 10.1. The molecule has 1 aliphatic carbocycles. The van der Waals surface area contributed by atoms with Crippen LogP contribution < -0.4 is 0 Å². The number of rotatable bonds is 7. The van der Waals surface area contributed by atoms with Crippen LogP contribution in [0, 0.1) is 17.8 Å². The molecule has 0 amide bonds. The van der Waals surface area contributed by atoms with E-state index in [4.69, 9.17) is 0 Å². The molecule has 0 aliphatic heterocycles. The van der Waals surface area contributed by atoms with Crippen LogP contribution >= 0.6 is 0 Å². The number of nitrogens with zero attached hydrogens (tertiary/aromatic N) is 1. The summed E-state index contributed by atoms with van der Waals surface area (Å²) in [6.45, 7) is 2.27. The van der Waals surface area contributed by atoms with Crippen molar-refractivity contribution in [2.45, 2.75) is 70.6 Å². The summed E-state index contributed by atoms with van der Waals surface area (Å²) in [6, 6.07) is 11.5. The number of aryl methyl sites for hydroxylation is 2. The van der Waals surface area contributed by atoms with E-state index < -0.39 is 11.9 Å². The van der Waals surface area contributed by atoms with Crippen molar-refractivity contribution >= 4 is 0 Å². The molecule has 3 heteroatoms. The molecule has 1 fully saturated rings. The second-order valence-electron chi connectivity index (χ2n) is 7.69. The fourth-order valence-electron chi connectivity index (χ4n) is 4.14. The SMILES string of the molecule is CCCC[C@H]1CC[C@H](c2ccc(CCc3ccc(F)nc3F)cc2)CC1. The van der Waals surface area contributed by atoms with Crippen LogP contribution in [0.1, 0.15) is 74.5 Å². The predicted octanol–water partition coefficient (Wildman–Crippen LogP) is 6.61. The zero-order valence-corrected chi connectivity index (χ0v) is 15.7. The van der Waals surface area contributed by atoms with E-state index in [0.717, 1.165) is 12.3 Å². The Labute approximate surface area is 155 Å². The van der Waals surface area contributed by atoms with E-state index in [1.165, 1.54) is 68.2 Å². The summed E-state index contributed by atoms with van der Waals surface area (Å²) in [5.74, 6) is 0.173. The summed E-state index contributed by atoms with van der Waals surface area (Å²) in [6.07, 6.45) is 10.7. The van der Waals surface area contributed by atoms with Crippen LogP contribution in [0.15, 0.2) is 36.4 Å². The van der Waals surface area contributed by atoms with Crippen molar-refractivity contribution in [2.24, 2.45) is 5.92 Å². The highest BCUT2D eigenvalue weighted by atomic mass is 19.1. The zero-order valence-electron chi connectivity index (χ0n) is 15.7. The summed E-state index contributed by atoms with van der Waals surface area (Å²) in [5, 5.41) is 0. The van der Waals surface area contributed by atoms with E-state index in [2.05, 4.69) is 36.2 Å². The summed E-state index contributed by atoms with van der Waals surface area (Å²) < 4.78 is 26.5. The van der Waals surface area contributed by atoms with Crippen LogP contribution in [0.5, 0.6) is 0 Å². The number of pyridine rings is 1. The van der Waals surface area contributed by atoms with Crippen LogP contribution in [-0.4, -0.2) is 4.98 Å². The molecular formula is C23H29F2N. The van der Waals surface area contributed by atoms with Crippen molar-refractivity contribution < 1.29 is 8.78 Å². The van der Waals surface area contributed by atoms with Crippen molar-refractivity contribution in [3.05, 3.63) is 65.0 Å². The second-order valence-corrected chi connectivity index (χ2v) is 7.69. The van der Waals surface area contributed by atoms with Crippen molar-refractivity contribution in [3.63, 3.8) is 0 Å². The molecule has 0 N–H and O–H groups in total. The average molecular weight is 357 g/mol. The van der Waals surface area contributed by atoms with Gasteiger partial charge in [0.25, 0.3) is 0 Å². The lowest BCUT2D eigenvalue weighted by atomic mass is 9.77. The molecule has 1 heterocycles. The van der Waals surface area contributed by atoms with Gasteiger partial charge in [-0.3, -0.25) is 0 Å². The van der Waals surface area contributed by atoms with E-state index in [9.17, 15) is 8.78 Å². The summed E-state index contributed by atoms with van der Waals surface area (Å²) >= 11 is 0. The normalized spacial score (nSPS) is 20.3. The number of hydrogen-bond donors (Lipinski definition) is 0. The highest BCUT2D eigenvalue weighted by Gasteiger charge is 2.21. The van der Waals surface area contributed by atoms with Gasteiger partial charge in [-0.2, -0.15) is 13.8 Å². The third kappa shape index (κ3) is 5.12. The van der Waals surface area contributed by atoms with Gasteiger partial charge in [0.05, 0.1) is 0 Å². The third-order valence-electron chi connectivity index (χ3n) is 5.84. The van der Waals surface area contributed by atoms with E-state index in [1.807, 2.05) is 0 Å². The van der Waals surface area contributed by atoms with Crippen molar-refractivity contribution in [3.8, 4) is 0 Å². The Hall–Kier alpha value is -1.77. The minimum Gasteiger partial charge on any atom is -0.190 e. The maximum Gasteiger partial charge on any atom is 0.218 e. The predicted molar refractivity (Wildman–Crippen MR) is 102 cm³/mol. The molecule has 3 rings (SSSR count).